The Bertz CT molecular complexity index is 1370. The summed E-state index contributed by atoms with van der Waals surface area (Å²) in [5.74, 6) is -2.93. The van der Waals surface area contributed by atoms with Gasteiger partial charge in [-0.2, -0.15) is 0 Å². The number of carbonyl (C=O) groups excluding carboxylic acids is 5. The van der Waals surface area contributed by atoms with E-state index in [1.54, 1.807) is 20.8 Å². The number of likely N-dealkylation sites (tertiary alicyclic amines) is 1. The highest BCUT2D eigenvalue weighted by atomic mass is 32.2. The Labute approximate surface area is 286 Å². The van der Waals surface area contributed by atoms with Crippen molar-refractivity contribution in [2.75, 3.05) is 12.3 Å². The minimum absolute atomic E-state index is 0.00223. The fourth-order valence-electron chi connectivity index (χ4n) is 8.01. The summed E-state index contributed by atoms with van der Waals surface area (Å²) in [6.07, 6.45) is 7.81. The molecule has 13 heteroatoms. The van der Waals surface area contributed by atoms with Crippen molar-refractivity contribution in [1.82, 2.24) is 20.9 Å². The molecule has 3 aliphatic carbocycles. The molecule has 5 N–H and O–H groups in total. The van der Waals surface area contributed by atoms with Crippen LogP contribution >= 0.6 is 0 Å². The van der Waals surface area contributed by atoms with Gasteiger partial charge in [0.25, 0.3) is 5.91 Å². The molecule has 1 heterocycles. The number of nitrogens with two attached hydrogens (primary N) is 1. The number of sulfone groups is 1. The Morgan fingerprint density at radius 2 is 1.48 bits per heavy atom. The Morgan fingerprint density at radius 3 is 1.98 bits per heavy atom. The van der Waals surface area contributed by atoms with E-state index in [0.717, 1.165) is 51.4 Å². The van der Waals surface area contributed by atoms with Crippen LogP contribution in [0.15, 0.2) is 0 Å². The second kappa shape index (κ2) is 13.9. The third-order valence-electron chi connectivity index (χ3n) is 11.7. The summed E-state index contributed by atoms with van der Waals surface area (Å²) in [6, 6.07) is -4.21. The molecule has 0 spiro atoms. The first-order chi connectivity index (χ1) is 22.1. The SMILES string of the molecule is CC(C)(C)[C@H](NC(=O)N[C@H](CS(=O)(=O)C(C)(C)C)C1CCCCC1)C(=O)N1CC2[C@@H]([C@H]1C(=O)NC(CC1CCC1)C(=O)C(N)=O)C2(C)C. The molecule has 4 fully saturated rings. The van der Waals surface area contributed by atoms with Gasteiger partial charge in [-0.05, 0) is 74.5 Å². The first-order valence-corrected chi connectivity index (χ1v) is 19.4. The zero-order valence-electron chi connectivity index (χ0n) is 30.2. The molecule has 1 aliphatic heterocycles. The molecule has 0 radical (unpaired) electrons. The van der Waals surface area contributed by atoms with Crippen molar-refractivity contribution in [3.05, 3.63) is 0 Å². The third kappa shape index (κ3) is 8.18. The summed E-state index contributed by atoms with van der Waals surface area (Å²) in [5, 5.41) is 8.61. The van der Waals surface area contributed by atoms with Crippen LogP contribution in [0.5, 0.6) is 0 Å². The molecule has 6 atom stereocenters. The summed E-state index contributed by atoms with van der Waals surface area (Å²) >= 11 is 0. The standard InChI is InChI=1S/C35H59N5O7S/c1-33(2,3)28(39-32(45)38-24(21-15-10-9-11-16-21)19-48(46,47)34(4,5)6)31(44)40-18-22-25(35(22,7)8)26(40)30(43)37-23(27(41)29(36)42)17-20-13-12-14-20/h20-26,28H,9-19H2,1-8H3,(H2,36,42)(H,37,43)(H2,38,39,45)/t22?,23?,24-,25+,26+,28-/m1/s1. The van der Waals surface area contributed by atoms with E-state index in [4.69, 9.17) is 5.73 Å². The van der Waals surface area contributed by atoms with Crippen LogP contribution in [0.2, 0.25) is 0 Å². The number of primary amides is 1. The van der Waals surface area contributed by atoms with Crippen LogP contribution < -0.4 is 21.7 Å². The molecule has 0 aromatic carbocycles. The zero-order valence-corrected chi connectivity index (χ0v) is 31.0. The van der Waals surface area contributed by atoms with Gasteiger partial charge in [0.2, 0.25) is 17.6 Å². The molecule has 4 rings (SSSR count). The number of carbonyl (C=O) groups is 5. The van der Waals surface area contributed by atoms with Crippen molar-refractivity contribution in [1.29, 1.82) is 0 Å². The highest BCUT2D eigenvalue weighted by molar-refractivity contribution is 7.92. The van der Waals surface area contributed by atoms with Crippen molar-refractivity contribution < 1.29 is 32.4 Å². The summed E-state index contributed by atoms with van der Waals surface area (Å²) in [7, 11) is -3.55. The first kappa shape index (κ1) is 38.1. The normalized spacial score (nSPS) is 26.3. The topological polar surface area (TPSA) is 185 Å². The van der Waals surface area contributed by atoms with Crippen molar-refractivity contribution >= 4 is 39.4 Å². The number of urea groups is 1. The number of ketones is 1. The van der Waals surface area contributed by atoms with Gasteiger partial charge in [0, 0.05) is 12.6 Å². The lowest BCUT2D eigenvalue weighted by Gasteiger charge is -2.39. The molecule has 12 nitrogen and oxygen atoms in total. The van der Waals surface area contributed by atoms with Crippen LogP contribution in [0, 0.1) is 34.5 Å². The molecule has 48 heavy (non-hydrogen) atoms. The van der Waals surface area contributed by atoms with Gasteiger partial charge in [-0.3, -0.25) is 19.2 Å². The number of piperidine rings is 1. The maximum Gasteiger partial charge on any atom is 0.315 e. The Morgan fingerprint density at radius 1 is 0.875 bits per heavy atom. The number of fused-ring (bicyclic) bond motifs is 1. The van der Waals surface area contributed by atoms with Crippen LogP contribution in [0.4, 0.5) is 4.79 Å². The number of nitrogens with one attached hydrogen (secondary N) is 3. The van der Waals surface area contributed by atoms with Crippen LogP contribution in [-0.2, 0) is 29.0 Å². The Hall–Kier alpha value is -2.70. The Kier molecular flexibility index (Phi) is 11.0. The van der Waals surface area contributed by atoms with Crippen LogP contribution in [0.3, 0.4) is 0 Å². The van der Waals surface area contributed by atoms with E-state index in [1.807, 2.05) is 20.8 Å². The highest BCUT2D eigenvalue weighted by Crippen LogP contribution is 2.65. The van der Waals surface area contributed by atoms with Gasteiger partial charge in [-0.1, -0.05) is 73.1 Å². The van der Waals surface area contributed by atoms with E-state index in [0.29, 0.717) is 13.0 Å². The van der Waals surface area contributed by atoms with Crippen LogP contribution in [0.1, 0.15) is 113 Å². The molecule has 0 aromatic rings. The average Bonchev–Trinajstić information content (AvgIpc) is 3.26. The molecule has 3 saturated carbocycles. The van der Waals surface area contributed by atoms with Gasteiger partial charge in [0.05, 0.1) is 16.5 Å². The molecule has 0 aromatic heterocycles. The molecule has 272 valence electrons. The largest absolute Gasteiger partial charge is 0.363 e. The third-order valence-corrected chi connectivity index (χ3v) is 14.3. The van der Waals surface area contributed by atoms with E-state index in [-0.39, 0.29) is 34.8 Å². The van der Waals surface area contributed by atoms with Crippen LogP contribution in [0.25, 0.3) is 0 Å². The lowest BCUT2D eigenvalue weighted by Crippen LogP contribution is -2.62. The van der Waals surface area contributed by atoms with E-state index in [9.17, 15) is 32.4 Å². The van der Waals surface area contributed by atoms with Gasteiger partial charge in [0.15, 0.2) is 9.84 Å². The number of hydrogen-bond acceptors (Lipinski definition) is 7. The molecule has 2 unspecified atom stereocenters. The molecular formula is C35H59N5O7S. The van der Waals surface area contributed by atoms with E-state index < -0.39 is 73.7 Å². The van der Waals surface area contributed by atoms with Crippen molar-refractivity contribution in [3.8, 4) is 0 Å². The van der Waals surface area contributed by atoms with Crippen molar-refractivity contribution in [3.63, 3.8) is 0 Å². The quantitative estimate of drug-likeness (QED) is 0.226. The average molecular weight is 694 g/mol. The van der Waals surface area contributed by atoms with Crippen molar-refractivity contribution in [2.24, 2.45) is 40.2 Å². The maximum absolute atomic E-state index is 14.4. The number of Topliss-reactive ketones (excluding diaryl/α,β-unsaturated/α-hetero) is 1. The first-order valence-electron chi connectivity index (χ1n) is 17.8. The molecule has 5 amide bonds. The van der Waals surface area contributed by atoms with Gasteiger partial charge < -0.3 is 26.6 Å². The Balaban J connectivity index is 1.54. The summed E-state index contributed by atoms with van der Waals surface area (Å²) in [6.45, 7) is 14.9. The van der Waals surface area contributed by atoms with E-state index >= 15 is 0 Å². The summed E-state index contributed by atoms with van der Waals surface area (Å²) < 4.78 is 25.5. The predicted molar refractivity (Wildman–Crippen MR) is 183 cm³/mol. The maximum atomic E-state index is 14.4. The fourth-order valence-corrected chi connectivity index (χ4v) is 9.34. The van der Waals surface area contributed by atoms with Crippen LogP contribution in [-0.4, -0.2) is 84.1 Å². The molecule has 4 aliphatic rings. The number of amides is 5. The number of hydrogen-bond donors (Lipinski definition) is 4. The zero-order chi connectivity index (χ0) is 36.0. The number of rotatable bonds is 12. The summed E-state index contributed by atoms with van der Waals surface area (Å²) in [4.78, 5) is 68.2. The van der Waals surface area contributed by atoms with Gasteiger partial charge in [-0.25, -0.2) is 13.2 Å². The van der Waals surface area contributed by atoms with Gasteiger partial charge >= 0.3 is 6.03 Å². The van der Waals surface area contributed by atoms with Gasteiger partial charge in [0.1, 0.15) is 12.1 Å². The minimum Gasteiger partial charge on any atom is -0.363 e. The monoisotopic (exact) mass is 693 g/mol. The van der Waals surface area contributed by atoms with Crippen molar-refractivity contribution in [2.45, 2.75) is 142 Å². The molecular weight excluding hydrogens is 634 g/mol. The second-order valence-corrected chi connectivity index (χ2v) is 20.3. The van der Waals surface area contributed by atoms with E-state index in [1.165, 1.54) is 4.90 Å². The predicted octanol–water partition coefficient (Wildman–Crippen LogP) is 3.07. The lowest BCUT2D eigenvalue weighted by atomic mass is 9.80. The number of nitrogens with zero attached hydrogens (tertiary/aromatic N) is 1. The minimum atomic E-state index is -3.55. The molecule has 1 saturated heterocycles. The second-order valence-electron chi connectivity index (χ2n) is 17.5. The molecule has 0 bridgehead atoms. The highest BCUT2D eigenvalue weighted by Gasteiger charge is 2.70. The van der Waals surface area contributed by atoms with Gasteiger partial charge in [-0.15, -0.1) is 0 Å². The fraction of sp³-hybridized carbons (Fsp3) is 0.857. The van der Waals surface area contributed by atoms with E-state index in [2.05, 4.69) is 29.8 Å². The lowest BCUT2D eigenvalue weighted by molar-refractivity contribution is -0.145. The summed E-state index contributed by atoms with van der Waals surface area (Å²) in [5.41, 5.74) is 4.38. The smallest absolute Gasteiger partial charge is 0.315 e.